The van der Waals surface area contributed by atoms with Crippen LogP contribution in [0.25, 0.3) is 5.65 Å². The van der Waals surface area contributed by atoms with Crippen molar-refractivity contribution in [3.63, 3.8) is 0 Å². The standard InChI is InChI=1S/C11H10BrFN2O2/c1-6-9(2-3-10(16)17)15-5-7(13)4-8(12)11(15)14-6/h4-5H,2-3H2,1H3,(H,16,17). The van der Waals surface area contributed by atoms with E-state index < -0.39 is 11.8 Å². The maximum atomic E-state index is 13.3. The van der Waals surface area contributed by atoms with Gasteiger partial charge in [-0.25, -0.2) is 9.37 Å². The molecule has 90 valence electrons. The molecule has 0 saturated carbocycles. The number of carboxylic acid groups (broad SMARTS) is 1. The highest BCUT2D eigenvalue weighted by Gasteiger charge is 2.13. The molecular formula is C11H10BrFN2O2. The maximum Gasteiger partial charge on any atom is 0.303 e. The lowest BCUT2D eigenvalue weighted by atomic mass is 10.2. The molecule has 4 nitrogen and oxygen atoms in total. The number of rotatable bonds is 3. The van der Waals surface area contributed by atoms with Crippen LogP contribution in [-0.2, 0) is 11.2 Å². The van der Waals surface area contributed by atoms with Gasteiger partial charge in [0.25, 0.3) is 0 Å². The van der Waals surface area contributed by atoms with Crippen LogP contribution < -0.4 is 0 Å². The lowest BCUT2D eigenvalue weighted by molar-refractivity contribution is -0.136. The lowest BCUT2D eigenvalue weighted by Crippen LogP contribution is -2.02. The van der Waals surface area contributed by atoms with E-state index in [0.29, 0.717) is 16.5 Å². The fourth-order valence-electron chi connectivity index (χ4n) is 1.76. The Morgan fingerprint density at radius 1 is 1.65 bits per heavy atom. The molecule has 6 heteroatoms. The van der Waals surface area contributed by atoms with Crippen molar-refractivity contribution in [1.29, 1.82) is 0 Å². The molecule has 1 N–H and O–H groups in total. The highest BCUT2D eigenvalue weighted by Crippen LogP contribution is 2.22. The average Bonchev–Trinajstić information content (AvgIpc) is 2.52. The van der Waals surface area contributed by atoms with Crippen molar-refractivity contribution in [2.45, 2.75) is 19.8 Å². The van der Waals surface area contributed by atoms with E-state index in [0.717, 1.165) is 11.4 Å². The van der Waals surface area contributed by atoms with Crippen LogP contribution in [0.5, 0.6) is 0 Å². The van der Waals surface area contributed by atoms with E-state index in [4.69, 9.17) is 5.11 Å². The van der Waals surface area contributed by atoms with Crippen LogP contribution in [0.1, 0.15) is 17.8 Å². The molecule has 17 heavy (non-hydrogen) atoms. The number of halogens is 2. The van der Waals surface area contributed by atoms with E-state index in [2.05, 4.69) is 20.9 Å². The second-order valence-corrected chi connectivity index (χ2v) is 4.59. The Morgan fingerprint density at radius 2 is 2.35 bits per heavy atom. The van der Waals surface area contributed by atoms with Crippen LogP contribution in [0.3, 0.4) is 0 Å². The first kappa shape index (κ1) is 12.0. The minimum Gasteiger partial charge on any atom is -0.481 e. The zero-order valence-corrected chi connectivity index (χ0v) is 10.7. The molecule has 0 spiro atoms. The van der Waals surface area contributed by atoms with Crippen molar-refractivity contribution >= 4 is 27.5 Å². The smallest absolute Gasteiger partial charge is 0.303 e. The monoisotopic (exact) mass is 300 g/mol. The predicted octanol–water partition coefficient (Wildman–Crippen LogP) is 2.56. The Morgan fingerprint density at radius 3 is 3.00 bits per heavy atom. The number of fused-ring (bicyclic) bond motifs is 1. The van der Waals surface area contributed by atoms with Crippen molar-refractivity contribution in [3.8, 4) is 0 Å². The van der Waals surface area contributed by atoms with Gasteiger partial charge >= 0.3 is 5.97 Å². The summed E-state index contributed by atoms with van der Waals surface area (Å²) in [6.07, 6.45) is 1.65. The van der Waals surface area contributed by atoms with Gasteiger partial charge in [-0.1, -0.05) is 0 Å². The minimum absolute atomic E-state index is 0.00274. The van der Waals surface area contributed by atoms with Crippen LogP contribution in [0.15, 0.2) is 16.7 Å². The van der Waals surface area contributed by atoms with Crippen LogP contribution in [0.2, 0.25) is 0 Å². The summed E-state index contributed by atoms with van der Waals surface area (Å²) in [5.41, 5.74) is 2.05. The van der Waals surface area contributed by atoms with Crippen molar-refractivity contribution in [2.24, 2.45) is 0 Å². The predicted molar refractivity (Wildman–Crippen MR) is 63.5 cm³/mol. The minimum atomic E-state index is -0.880. The third-order valence-corrected chi connectivity index (χ3v) is 3.10. The Bertz CT molecular complexity index is 595. The summed E-state index contributed by atoms with van der Waals surface area (Å²) in [4.78, 5) is 14.9. The lowest BCUT2D eigenvalue weighted by Gasteiger charge is -2.02. The normalized spacial score (nSPS) is 11.0. The van der Waals surface area contributed by atoms with Crippen molar-refractivity contribution in [2.75, 3.05) is 0 Å². The van der Waals surface area contributed by atoms with E-state index >= 15 is 0 Å². The Kier molecular flexibility index (Phi) is 3.15. The molecule has 0 aromatic carbocycles. The number of nitrogens with zero attached hydrogens (tertiary/aromatic N) is 2. The molecule has 2 aromatic heterocycles. The molecule has 0 saturated heterocycles. The molecular weight excluding hydrogens is 291 g/mol. The number of aryl methyl sites for hydroxylation is 2. The maximum absolute atomic E-state index is 13.3. The number of pyridine rings is 1. The molecule has 0 atom stereocenters. The Balaban J connectivity index is 2.54. The highest BCUT2D eigenvalue weighted by atomic mass is 79.9. The average molecular weight is 301 g/mol. The molecule has 0 aliphatic heterocycles. The van der Waals surface area contributed by atoms with Gasteiger partial charge in [-0.3, -0.25) is 9.20 Å². The summed E-state index contributed by atoms with van der Waals surface area (Å²) in [5, 5.41) is 8.67. The largest absolute Gasteiger partial charge is 0.481 e. The number of imidazole rings is 1. The molecule has 2 rings (SSSR count). The van der Waals surface area contributed by atoms with Crippen LogP contribution in [0.4, 0.5) is 4.39 Å². The number of carboxylic acids is 1. The summed E-state index contributed by atoms with van der Waals surface area (Å²) in [7, 11) is 0. The molecule has 0 unspecified atom stereocenters. The van der Waals surface area contributed by atoms with Crippen molar-refractivity contribution in [1.82, 2.24) is 9.38 Å². The molecule has 2 aromatic rings. The van der Waals surface area contributed by atoms with Crippen molar-refractivity contribution in [3.05, 3.63) is 33.9 Å². The van der Waals surface area contributed by atoms with Gasteiger partial charge < -0.3 is 5.11 Å². The highest BCUT2D eigenvalue weighted by molar-refractivity contribution is 9.10. The zero-order valence-electron chi connectivity index (χ0n) is 9.07. The third kappa shape index (κ3) is 2.31. The van der Waals surface area contributed by atoms with Crippen LogP contribution in [-0.4, -0.2) is 20.5 Å². The first-order valence-corrected chi connectivity index (χ1v) is 5.82. The number of aromatic nitrogens is 2. The molecule has 0 amide bonds. The van der Waals surface area contributed by atoms with Gasteiger partial charge in [0.15, 0.2) is 5.65 Å². The van der Waals surface area contributed by atoms with Crippen LogP contribution >= 0.6 is 15.9 Å². The summed E-state index contributed by atoms with van der Waals surface area (Å²) >= 11 is 3.24. The summed E-state index contributed by atoms with van der Waals surface area (Å²) < 4.78 is 15.4. The van der Waals surface area contributed by atoms with E-state index in [-0.39, 0.29) is 6.42 Å². The number of aliphatic carboxylic acids is 1. The van der Waals surface area contributed by atoms with E-state index in [9.17, 15) is 9.18 Å². The van der Waals surface area contributed by atoms with E-state index in [1.807, 2.05) is 0 Å². The van der Waals surface area contributed by atoms with Gasteiger partial charge in [0.1, 0.15) is 5.82 Å². The fourth-order valence-corrected chi connectivity index (χ4v) is 2.26. The summed E-state index contributed by atoms with van der Waals surface area (Å²) in [6, 6.07) is 1.34. The molecule has 0 radical (unpaired) electrons. The Hall–Kier alpha value is -1.43. The topological polar surface area (TPSA) is 54.6 Å². The SMILES string of the molecule is Cc1nc2c(Br)cc(F)cn2c1CCC(=O)O. The molecule has 2 heterocycles. The quantitative estimate of drug-likeness (QED) is 0.948. The van der Waals surface area contributed by atoms with Gasteiger partial charge in [-0.2, -0.15) is 0 Å². The fraction of sp³-hybridized carbons (Fsp3) is 0.273. The number of hydrogen-bond donors (Lipinski definition) is 1. The Labute approximate surface area is 105 Å². The molecule has 0 aliphatic carbocycles. The first-order chi connectivity index (χ1) is 7.99. The molecule has 0 aliphatic rings. The second kappa shape index (κ2) is 4.44. The van der Waals surface area contributed by atoms with Gasteiger partial charge in [0.05, 0.1) is 16.6 Å². The third-order valence-electron chi connectivity index (χ3n) is 2.52. The van der Waals surface area contributed by atoms with Gasteiger partial charge in [0, 0.05) is 18.3 Å². The van der Waals surface area contributed by atoms with Gasteiger partial charge in [0.2, 0.25) is 0 Å². The second-order valence-electron chi connectivity index (χ2n) is 3.74. The van der Waals surface area contributed by atoms with Crippen molar-refractivity contribution < 1.29 is 14.3 Å². The molecule has 0 bridgehead atoms. The van der Waals surface area contributed by atoms with E-state index in [1.165, 1.54) is 12.3 Å². The zero-order chi connectivity index (χ0) is 12.6. The summed E-state index contributed by atoms with van der Waals surface area (Å²) in [5.74, 6) is -1.27. The number of hydrogen-bond acceptors (Lipinski definition) is 2. The summed E-state index contributed by atoms with van der Waals surface area (Å²) in [6.45, 7) is 1.79. The van der Waals surface area contributed by atoms with E-state index in [1.54, 1.807) is 11.3 Å². The molecule has 0 fully saturated rings. The first-order valence-electron chi connectivity index (χ1n) is 5.03. The number of carbonyl (C=O) groups is 1. The van der Waals surface area contributed by atoms with Crippen LogP contribution in [0, 0.1) is 12.7 Å². The van der Waals surface area contributed by atoms with Gasteiger partial charge in [-0.05, 0) is 28.9 Å². The van der Waals surface area contributed by atoms with Gasteiger partial charge in [-0.15, -0.1) is 0 Å².